The lowest BCUT2D eigenvalue weighted by atomic mass is 10.1. The topological polar surface area (TPSA) is 79.0 Å². The number of carbonyl (C=O) groups excluding carboxylic acids is 1. The van der Waals surface area contributed by atoms with Crippen molar-refractivity contribution in [2.75, 3.05) is 0 Å². The fourth-order valence-corrected chi connectivity index (χ4v) is 2.09. The van der Waals surface area contributed by atoms with Crippen molar-refractivity contribution in [1.29, 1.82) is 5.41 Å². The summed E-state index contributed by atoms with van der Waals surface area (Å²) in [6, 6.07) is 11.1. The predicted octanol–water partition coefficient (Wildman–Crippen LogP) is 2.23. The van der Waals surface area contributed by atoms with Gasteiger partial charge in [-0.3, -0.25) is 15.5 Å². The quantitative estimate of drug-likeness (QED) is 0.556. The van der Waals surface area contributed by atoms with Crippen LogP contribution in [0.2, 0.25) is 0 Å². The first-order valence-corrected chi connectivity index (χ1v) is 5.71. The van der Waals surface area contributed by atoms with E-state index >= 15 is 0 Å². The zero-order chi connectivity index (χ0) is 12.4. The minimum absolute atomic E-state index is 0.357. The normalized spacial score (nSPS) is 10.2. The Labute approximate surface area is 106 Å². The lowest BCUT2D eigenvalue weighted by Crippen LogP contribution is -2.35. The van der Waals surface area contributed by atoms with Crippen LogP contribution in [0.3, 0.4) is 0 Å². The van der Waals surface area contributed by atoms with Crippen LogP contribution in [0.1, 0.15) is 10.4 Å². The van der Waals surface area contributed by atoms with Crippen molar-refractivity contribution < 1.29 is 4.79 Å². The summed E-state index contributed by atoms with van der Waals surface area (Å²) in [4.78, 5) is 11.6. The molecule has 0 aliphatic rings. The standard InChI is InChI=1S/C12H10BrN3O/c13-10-3-1-2-7-6-8(4-5-9(7)10)11(17)16-12(14)15/h1-6H,(H4,14,15,16,17). The lowest BCUT2D eigenvalue weighted by Gasteiger charge is -2.05. The molecule has 0 spiro atoms. The molecule has 0 heterocycles. The van der Waals surface area contributed by atoms with Crippen molar-refractivity contribution in [3.05, 3.63) is 46.4 Å². The molecule has 0 bridgehead atoms. The van der Waals surface area contributed by atoms with E-state index in [1.54, 1.807) is 12.1 Å². The molecule has 0 aliphatic carbocycles. The van der Waals surface area contributed by atoms with Gasteiger partial charge in [0.2, 0.25) is 0 Å². The van der Waals surface area contributed by atoms with E-state index in [0.29, 0.717) is 5.56 Å². The number of hydrogen-bond acceptors (Lipinski definition) is 2. The van der Waals surface area contributed by atoms with Crippen LogP contribution in [0, 0.1) is 5.41 Å². The highest BCUT2D eigenvalue weighted by Crippen LogP contribution is 2.24. The number of hydrogen-bond donors (Lipinski definition) is 3. The monoisotopic (exact) mass is 291 g/mol. The van der Waals surface area contributed by atoms with Gasteiger partial charge in [0, 0.05) is 10.0 Å². The van der Waals surface area contributed by atoms with E-state index in [1.807, 2.05) is 24.3 Å². The Balaban J connectivity index is 2.45. The fourth-order valence-electron chi connectivity index (χ4n) is 1.58. The smallest absolute Gasteiger partial charge is 0.257 e. The van der Waals surface area contributed by atoms with Gasteiger partial charge in [0.15, 0.2) is 5.96 Å². The molecular formula is C12H10BrN3O. The zero-order valence-corrected chi connectivity index (χ0v) is 10.4. The van der Waals surface area contributed by atoms with E-state index in [0.717, 1.165) is 15.2 Å². The largest absolute Gasteiger partial charge is 0.370 e. The van der Waals surface area contributed by atoms with Gasteiger partial charge in [-0.1, -0.05) is 34.1 Å². The van der Waals surface area contributed by atoms with Gasteiger partial charge in [-0.2, -0.15) is 0 Å². The van der Waals surface area contributed by atoms with Gasteiger partial charge in [-0.05, 0) is 29.0 Å². The Hall–Kier alpha value is -1.88. The summed E-state index contributed by atoms with van der Waals surface area (Å²) in [7, 11) is 0. The minimum atomic E-state index is -0.376. The van der Waals surface area contributed by atoms with Crippen LogP contribution in [-0.2, 0) is 0 Å². The summed E-state index contributed by atoms with van der Waals surface area (Å²) in [5.74, 6) is -0.733. The van der Waals surface area contributed by atoms with Crippen molar-refractivity contribution in [2.24, 2.45) is 5.73 Å². The average Bonchev–Trinajstić information content (AvgIpc) is 2.28. The van der Waals surface area contributed by atoms with Crippen LogP contribution < -0.4 is 11.1 Å². The predicted molar refractivity (Wildman–Crippen MR) is 71.0 cm³/mol. The Morgan fingerprint density at radius 2 is 2.06 bits per heavy atom. The van der Waals surface area contributed by atoms with Gasteiger partial charge in [0.05, 0.1) is 0 Å². The number of rotatable bonds is 1. The molecule has 1 amide bonds. The molecule has 4 nitrogen and oxygen atoms in total. The number of halogens is 1. The third-order valence-corrected chi connectivity index (χ3v) is 3.03. The second-order valence-corrected chi connectivity index (χ2v) is 4.40. The molecule has 2 aromatic rings. The maximum absolute atomic E-state index is 11.6. The maximum Gasteiger partial charge on any atom is 0.257 e. The molecule has 2 rings (SSSR count). The summed E-state index contributed by atoms with van der Waals surface area (Å²) in [6.07, 6.45) is 0. The number of benzene rings is 2. The third kappa shape index (κ3) is 2.45. The van der Waals surface area contributed by atoms with Crippen molar-refractivity contribution in [1.82, 2.24) is 5.32 Å². The van der Waals surface area contributed by atoms with Crippen molar-refractivity contribution >= 4 is 38.6 Å². The molecule has 86 valence electrons. The van der Waals surface area contributed by atoms with Gasteiger partial charge >= 0.3 is 0 Å². The zero-order valence-electron chi connectivity index (χ0n) is 8.83. The maximum atomic E-state index is 11.6. The van der Waals surface area contributed by atoms with Gasteiger partial charge in [-0.15, -0.1) is 0 Å². The number of nitrogens with two attached hydrogens (primary N) is 1. The number of nitrogens with one attached hydrogen (secondary N) is 2. The van der Waals surface area contributed by atoms with Crippen molar-refractivity contribution in [3.8, 4) is 0 Å². The van der Waals surface area contributed by atoms with E-state index < -0.39 is 0 Å². The van der Waals surface area contributed by atoms with Gasteiger partial charge in [0.1, 0.15) is 0 Å². The first-order chi connectivity index (χ1) is 8.08. The molecular weight excluding hydrogens is 282 g/mol. The molecule has 0 aliphatic heterocycles. The van der Waals surface area contributed by atoms with Crippen LogP contribution in [0.5, 0.6) is 0 Å². The summed E-state index contributed by atoms with van der Waals surface area (Å²) in [6.45, 7) is 0. The second-order valence-electron chi connectivity index (χ2n) is 3.54. The second kappa shape index (κ2) is 4.55. The SMILES string of the molecule is N=C(N)NC(=O)c1ccc2c(Br)cccc2c1. The third-order valence-electron chi connectivity index (χ3n) is 2.34. The molecule has 0 aromatic heterocycles. The van der Waals surface area contributed by atoms with E-state index in [9.17, 15) is 4.79 Å². The Kier molecular flexibility index (Phi) is 3.10. The van der Waals surface area contributed by atoms with Crippen molar-refractivity contribution in [2.45, 2.75) is 0 Å². The summed E-state index contributed by atoms with van der Waals surface area (Å²) >= 11 is 3.44. The number of fused-ring (bicyclic) bond motifs is 1. The van der Waals surface area contributed by atoms with Crippen LogP contribution >= 0.6 is 15.9 Å². The fraction of sp³-hybridized carbons (Fsp3) is 0. The van der Waals surface area contributed by atoms with Crippen LogP contribution in [0.4, 0.5) is 0 Å². The lowest BCUT2D eigenvalue weighted by molar-refractivity contribution is 0.0976. The number of guanidine groups is 1. The van der Waals surface area contributed by atoms with Gasteiger partial charge in [0.25, 0.3) is 5.91 Å². The molecule has 0 radical (unpaired) electrons. The molecule has 0 saturated heterocycles. The van der Waals surface area contributed by atoms with Gasteiger partial charge < -0.3 is 5.73 Å². The first kappa shape index (κ1) is 11.6. The van der Waals surface area contributed by atoms with E-state index in [2.05, 4.69) is 21.2 Å². The molecule has 17 heavy (non-hydrogen) atoms. The molecule has 2 aromatic carbocycles. The minimum Gasteiger partial charge on any atom is -0.370 e. The Morgan fingerprint density at radius 1 is 1.29 bits per heavy atom. The summed E-state index contributed by atoms with van der Waals surface area (Å²) < 4.78 is 0.980. The highest BCUT2D eigenvalue weighted by Gasteiger charge is 2.07. The highest BCUT2D eigenvalue weighted by molar-refractivity contribution is 9.10. The van der Waals surface area contributed by atoms with Crippen LogP contribution in [-0.4, -0.2) is 11.9 Å². The Bertz CT molecular complexity index is 610. The average molecular weight is 292 g/mol. The summed E-state index contributed by atoms with van der Waals surface area (Å²) in [5.41, 5.74) is 5.59. The number of amides is 1. The van der Waals surface area contributed by atoms with Crippen LogP contribution in [0.25, 0.3) is 10.8 Å². The molecule has 0 unspecified atom stereocenters. The molecule has 0 saturated carbocycles. The molecule has 0 atom stereocenters. The van der Waals surface area contributed by atoms with E-state index in [4.69, 9.17) is 11.1 Å². The van der Waals surface area contributed by atoms with Crippen LogP contribution in [0.15, 0.2) is 40.9 Å². The Morgan fingerprint density at radius 3 is 2.76 bits per heavy atom. The molecule has 0 fully saturated rings. The molecule has 5 heteroatoms. The van der Waals surface area contributed by atoms with Crippen molar-refractivity contribution in [3.63, 3.8) is 0 Å². The highest BCUT2D eigenvalue weighted by atomic mass is 79.9. The molecule has 4 N–H and O–H groups in total. The van der Waals surface area contributed by atoms with E-state index in [1.165, 1.54) is 0 Å². The first-order valence-electron chi connectivity index (χ1n) is 4.91. The van der Waals surface area contributed by atoms with E-state index in [-0.39, 0.29) is 11.9 Å². The number of carbonyl (C=O) groups is 1. The van der Waals surface area contributed by atoms with Gasteiger partial charge in [-0.25, -0.2) is 0 Å². The summed E-state index contributed by atoms with van der Waals surface area (Å²) in [5, 5.41) is 11.2.